The summed E-state index contributed by atoms with van der Waals surface area (Å²) in [6.07, 6.45) is 4.29. The van der Waals surface area contributed by atoms with Gasteiger partial charge in [0.2, 0.25) is 0 Å². The molecule has 0 fully saturated rings. The molecular formula is C46H30Cl2N8S2. The average molecular weight is 830 g/mol. The Morgan fingerprint density at radius 2 is 1.02 bits per heavy atom. The summed E-state index contributed by atoms with van der Waals surface area (Å²) in [5, 5.41) is 25.3. The van der Waals surface area contributed by atoms with Crippen LogP contribution in [-0.2, 0) is 12.8 Å². The molecule has 6 heterocycles. The van der Waals surface area contributed by atoms with Crippen LogP contribution in [0.25, 0.3) is 76.1 Å². The molecule has 0 N–H and O–H groups in total. The molecule has 10 rings (SSSR count). The van der Waals surface area contributed by atoms with Crippen LogP contribution in [0.1, 0.15) is 22.8 Å². The van der Waals surface area contributed by atoms with Gasteiger partial charge in [0.15, 0.2) is 0 Å². The van der Waals surface area contributed by atoms with Gasteiger partial charge >= 0.3 is 0 Å². The molecule has 0 aliphatic carbocycles. The van der Waals surface area contributed by atoms with E-state index in [9.17, 15) is 0 Å². The molecule has 6 aromatic heterocycles. The molecule has 58 heavy (non-hydrogen) atoms. The zero-order chi connectivity index (χ0) is 39.9. The molecule has 0 spiro atoms. The number of thiophene rings is 2. The molecular weight excluding hydrogens is 800 g/mol. The summed E-state index contributed by atoms with van der Waals surface area (Å²) in [5.41, 5.74) is 11.3. The maximum Gasteiger partial charge on any atom is 0.111 e. The number of hydrogen-bond donors (Lipinski definition) is 0. The number of halogens is 2. The van der Waals surface area contributed by atoms with Crippen LogP contribution in [0, 0.1) is 36.5 Å². The predicted molar refractivity (Wildman–Crippen MR) is 237 cm³/mol. The Bertz CT molecular complexity index is 3040. The fourth-order valence-corrected chi connectivity index (χ4v) is 9.41. The van der Waals surface area contributed by atoms with Crippen molar-refractivity contribution in [3.8, 4) is 44.4 Å². The van der Waals surface area contributed by atoms with Crippen LogP contribution in [0.4, 0.5) is 0 Å². The second-order valence-electron chi connectivity index (χ2n) is 13.6. The van der Waals surface area contributed by atoms with E-state index in [4.69, 9.17) is 43.7 Å². The van der Waals surface area contributed by atoms with E-state index in [2.05, 4.69) is 90.5 Å². The maximum absolute atomic E-state index is 8.96. The third-order valence-electron chi connectivity index (χ3n) is 9.98. The molecule has 0 atom stereocenters. The van der Waals surface area contributed by atoms with Crippen LogP contribution in [-0.4, -0.2) is 29.1 Å². The van der Waals surface area contributed by atoms with E-state index in [0.717, 1.165) is 89.2 Å². The van der Waals surface area contributed by atoms with E-state index in [1.165, 1.54) is 9.75 Å². The predicted octanol–water partition coefficient (Wildman–Crippen LogP) is 12.7. The first kappa shape index (κ1) is 37.2. The van der Waals surface area contributed by atoms with Crippen LogP contribution >= 0.6 is 45.9 Å². The van der Waals surface area contributed by atoms with Crippen molar-refractivity contribution in [1.82, 2.24) is 29.1 Å². The number of pyridine rings is 2. The maximum atomic E-state index is 8.96. The monoisotopic (exact) mass is 828 g/mol. The Morgan fingerprint density at radius 1 is 0.569 bits per heavy atom. The van der Waals surface area contributed by atoms with Crippen LogP contribution in [0.3, 0.4) is 0 Å². The Labute approximate surface area is 351 Å². The number of fused-ring (bicyclic) bond motifs is 6. The molecule has 0 aliphatic heterocycles. The van der Waals surface area contributed by atoms with E-state index < -0.39 is 0 Å². The molecule has 0 bridgehead atoms. The average Bonchev–Trinajstić information content (AvgIpc) is 4.06. The Morgan fingerprint density at radius 3 is 1.40 bits per heavy atom. The number of aromatic nitrogens is 6. The highest BCUT2D eigenvalue weighted by molar-refractivity contribution is 7.13. The fraction of sp³-hybridized carbons (Fsp3) is 0.0870. The van der Waals surface area contributed by atoms with E-state index >= 15 is 0 Å². The van der Waals surface area contributed by atoms with E-state index in [-0.39, 0.29) is 0 Å². The van der Waals surface area contributed by atoms with Gasteiger partial charge in [-0.2, -0.15) is 10.5 Å². The highest BCUT2D eigenvalue weighted by atomic mass is 35.5. The lowest BCUT2D eigenvalue weighted by Gasteiger charge is -2.12. The van der Waals surface area contributed by atoms with Crippen LogP contribution < -0.4 is 0 Å². The summed E-state index contributed by atoms with van der Waals surface area (Å²) in [6, 6.07) is 36.8. The molecule has 0 aliphatic rings. The number of nitriles is 2. The molecule has 0 saturated heterocycles. The third kappa shape index (κ3) is 6.76. The minimum absolute atomic E-state index is 0.334. The minimum Gasteiger partial charge on any atom is -0.294 e. The van der Waals surface area contributed by atoms with Crippen molar-refractivity contribution in [3.63, 3.8) is 0 Å². The first-order valence-corrected chi connectivity index (χ1v) is 20.8. The SMILES string of the molecule is Cc1nc2cnc3ccc(-c4cccs4)cc3c2n1-c1ccc(CC#N)cc1Cl.Cc1nc2cnc3ccc(-c4cccs4)cc3c2n1-c1ccc(CC#N)cc1Cl. The Kier molecular flexibility index (Phi) is 9.94. The summed E-state index contributed by atoms with van der Waals surface area (Å²) >= 11 is 16.7. The molecule has 280 valence electrons. The van der Waals surface area contributed by atoms with Gasteiger partial charge in [-0.25, -0.2) is 9.97 Å². The summed E-state index contributed by atoms with van der Waals surface area (Å²) in [4.78, 5) is 21.1. The molecule has 4 aromatic carbocycles. The van der Waals surface area contributed by atoms with Crippen molar-refractivity contribution in [2.75, 3.05) is 0 Å². The van der Waals surface area contributed by atoms with Gasteiger partial charge in [0.25, 0.3) is 0 Å². The van der Waals surface area contributed by atoms with Gasteiger partial charge in [-0.1, -0.05) is 59.6 Å². The molecule has 8 nitrogen and oxygen atoms in total. The van der Waals surface area contributed by atoms with Gasteiger partial charge in [0, 0.05) is 20.5 Å². The van der Waals surface area contributed by atoms with Gasteiger partial charge in [-0.05, 0) is 108 Å². The zero-order valence-electron chi connectivity index (χ0n) is 31.1. The zero-order valence-corrected chi connectivity index (χ0v) is 34.3. The summed E-state index contributed by atoms with van der Waals surface area (Å²) in [7, 11) is 0. The van der Waals surface area contributed by atoms with E-state index in [0.29, 0.717) is 22.9 Å². The second kappa shape index (κ2) is 15.5. The fourth-order valence-electron chi connectivity index (χ4n) is 7.39. The lowest BCUT2D eigenvalue weighted by atomic mass is 10.1. The molecule has 0 radical (unpaired) electrons. The highest BCUT2D eigenvalue weighted by Gasteiger charge is 2.18. The van der Waals surface area contributed by atoms with Crippen LogP contribution in [0.5, 0.6) is 0 Å². The second-order valence-corrected chi connectivity index (χ2v) is 16.3. The quantitative estimate of drug-likeness (QED) is 0.165. The third-order valence-corrected chi connectivity index (χ3v) is 12.4. The van der Waals surface area contributed by atoms with Crippen molar-refractivity contribution >= 4 is 89.7 Å². The number of rotatable bonds is 6. The van der Waals surface area contributed by atoms with Crippen LogP contribution in [0.2, 0.25) is 10.0 Å². The summed E-state index contributed by atoms with van der Waals surface area (Å²) < 4.78 is 4.16. The highest BCUT2D eigenvalue weighted by Crippen LogP contribution is 2.36. The lowest BCUT2D eigenvalue weighted by molar-refractivity contribution is 1.00. The van der Waals surface area contributed by atoms with Gasteiger partial charge in [0.05, 0.1) is 80.9 Å². The van der Waals surface area contributed by atoms with Crippen molar-refractivity contribution < 1.29 is 0 Å². The van der Waals surface area contributed by atoms with E-state index in [1.807, 2.05) is 74.8 Å². The molecule has 0 saturated carbocycles. The largest absolute Gasteiger partial charge is 0.294 e. The van der Waals surface area contributed by atoms with Gasteiger partial charge in [-0.3, -0.25) is 19.1 Å². The van der Waals surface area contributed by atoms with Gasteiger partial charge in [-0.15, -0.1) is 22.7 Å². The summed E-state index contributed by atoms with van der Waals surface area (Å²) in [5.74, 6) is 1.68. The minimum atomic E-state index is 0.334. The first-order valence-electron chi connectivity index (χ1n) is 18.3. The number of hydrogen-bond acceptors (Lipinski definition) is 8. The summed E-state index contributed by atoms with van der Waals surface area (Å²) in [6.45, 7) is 3.93. The Balaban J connectivity index is 0.000000150. The lowest BCUT2D eigenvalue weighted by Crippen LogP contribution is -1.99. The number of aryl methyl sites for hydroxylation is 2. The normalized spacial score (nSPS) is 11.2. The Hall–Kier alpha value is -6.40. The standard InChI is InChI=1S/2C23H15ClN4S/c2*1-14-27-20-13-26-19-6-5-16(22-3-2-10-29-22)12-17(19)23(20)28(14)21-7-4-15(8-9-25)11-18(21)24/h2*2-7,10-13H,8H2,1H3. The van der Waals surface area contributed by atoms with Crippen molar-refractivity contribution in [2.24, 2.45) is 0 Å². The molecule has 0 unspecified atom stereocenters. The molecule has 0 amide bonds. The van der Waals surface area contributed by atoms with Crippen molar-refractivity contribution in [2.45, 2.75) is 26.7 Å². The number of benzene rings is 4. The van der Waals surface area contributed by atoms with Gasteiger partial charge in [0.1, 0.15) is 22.7 Å². The van der Waals surface area contributed by atoms with Crippen molar-refractivity contribution in [1.29, 1.82) is 10.5 Å². The van der Waals surface area contributed by atoms with Crippen molar-refractivity contribution in [3.05, 3.63) is 153 Å². The smallest absolute Gasteiger partial charge is 0.111 e. The van der Waals surface area contributed by atoms with E-state index in [1.54, 1.807) is 22.7 Å². The topological polar surface area (TPSA) is 109 Å². The van der Waals surface area contributed by atoms with Gasteiger partial charge < -0.3 is 0 Å². The first-order chi connectivity index (χ1) is 28.3. The van der Waals surface area contributed by atoms with Crippen LogP contribution in [0.15, 0.2) is 120 Å². The molecule has 10 aromatic rings. The number of nitrogens with zero attached hydrogens (tertiary/aromatic N) is 8. The number of imidazole rings is 2. The molecule has 12 heteroatoms.